The van der Waals surface area contributed by atoms with Gasteiger partial charge in [-0.2, -0.15) is 0 Å². The first-order valence-corrected chi connectivity index (χ1v) is 10.1. The highest BCUT2D eigenvalue weighted by molar-refractivity contribution is 7.92. The zero-order valence-corrected chi connectivity index (χ0v) is 15.4. The zero-order valence-electron chi connectivity index (χ0n) is 14.6. The molecule has 0 bridgehead atoms. The molecule has 1 N–H and O–H groups in total. The van der Waals surface area contributed by atoms with Gasteiger partial charge in [0, 0.05) is 19.5 Å². The molecule has 0 radical (unpaired) electrons. The highest BCUT2D eigenvalue weighted by Gasteiger charge is 2.18. The molecule has 2 aromatic carbocycles. The summed E-state index contributed by atoms with van der Waals surface area (Å²) in [7, 11) is -3.44. The van der Waals surface area contributed by atoms with Crippen LogP contribution in [0.1, 0.15) is 17.5 Å². The van der Waals surface area contributed by atoms with Crippen LogP contribution in [0.15, 0.2) is 54.6 Å². The number of amides is 1. The van der Waals surface area contributed by atoms with Gasteiger partial charge in [-0.1, -0.05) is 42.5 Å². The molecule has 0 aliphatic carbocycles. The summed E-state index contributed by atoms with van der Waals surface area (Å²) in [6.45, 7) is 2.56. The average molecular weight is 360 g/mol. The van der Waals surface area contributed by atoms with E-state index in [-0.39, 0.29) is 18.9 Å². The number of sulfonamides is 1. The Morgan fingerprint density at radius 3 is 2.44 bits per heavy atom. The van der Waals surface area contributed by atoms with E-state index in [1.165, 1.54) is 4.31 Å². The van der Waals surface area contributed by atoms with Crippen molar-refractivity contribution in [2.75, 3.05) is 23.7 Å². The molecule has 25 heavy (non-hydrogen) atoms. The van der Waals surface area contributed by atoms with Gasteiger partial charge in [-0.25, -0.2) is 8.42 Å². The normalized spacial score (nSPS) is 11.1. The van der Waals surface area contributed by atoms with Gasteiger partial charge in [0.25, 0.3) is 0 Å². The Morgan fingerprint density at radius 1 is 1.08 bits per heavy atom. The predicted molar refractivity (Wildman–Crippen MR) is 101 cm³/mol. The van der Waals surface area contributed by atoms with Gasteiger partial charge in [0.15, 0.2) is 0 Å². The maximum Gasteiger partial charge on any atom is 0.232 e. The lowest BCUT2D eigenvalue weighted by Crippen LogP contribution is -2.35. The first-order valence-electron chi connectivity index (χ1n) is 8.21. The van der Waals surface area contributed by atoms with E-state index in [0.717, 1.165) is 23.8 Å². The second kappa shape index (κ2) is 8.67. The quantitative estimate of drug-likeness (QED) is 0.787. The fraction of sp³-hybridized carbons (Fsp3) is 0.316. The van der Waals surface area contributed by atoms with Crippen LogP contribution in [0.3, 0.4) is 0 Å². The molecule has 6 heteroatoms. The highest BCUT2D eigenvalue weighted by atomic mass is 32.2. The van der Waals surface area contributed by atoms with Crippen LogP contribution < -0.4 is 9.62 Å². The Morgan fingerprint density at radius 2 is 1.80 bits per heavy atom. The number of anilines is 1. The minimum Gasteiger partial charge on any atom is -0.356 e. The van der Waals surface area contributed by atoms with E-state index in [0.29, 0.717) is 12.2 Å². The summed E-state index contributed by atoms with van der Waals surface area (Å²) in [6.07, 6.45) is 2.03. The summed E-state index contributed by atoms with van der Waals surface area (Å²) in [4.78, 5) is 12.0. The number of carbonyl (C=O) groups excluding carboxylic acids is 1. The number of nitrogens with zero attached hydrogens (tertiary/aromatic N) is 1. The largest absolute Gasteiger partial charge is 0.356 e. The Labute approximate surface area is 149 Å². The molecule has 0 heterocycles. The molecule has 2 aromatic rings. The van der Waals surface area contributed by atoms with Crippen molar-refractivity contribution in [1.82, 2.24) is 5.32 Å². The topological polar surface area (TPSA) is 66.5 Å². The molecule has 134 valence electrons. The fourth-order valence-corrected chi connectivity index (χ4v) is 3.47. The Bertz CT molecular complexity index is 804. The van der Waals surface area contributed by atoms with Crippen LogP contribution in [0.2, 0.25) is 0 Å². The van der Waals surface area contributed by atoms with Gasteiger partial charge in [-0.3, -0.25) is 9.10 Å². The first-order chi connectivity index (χ1) is 11.9. The predicted octanol–water partition coefficient (Wildman–Crippen LogP) is 2.51. The number of carbonyl (C=O) groups is 1. The van der Waals surface area contributed by atoms with Crippen molar-refractivity contribution in [2.45, 2.75) is 19.8 Å². The minimum atomic E-state index is -3.44. The summed E-state index contributed by atoms with van der Waals surface area (Å²) < 4.78 is 25.4. The van der Waals surface area contributed by atoms with Gasteiger partial charge in [-0.05, 0) is 36.6 Å². The van der Waals surface area contributed by atoms with Crippen molar-refractivity contribution in [3.63, 3.8) is 0 Å². The SMILES string of the molecule is Cc1cccc(N(CCC(=O)NCCc2ccccc2)S(C)(=O)=O)c1. The third kappa shape index (κ3) is 6.23. The zero-order chi connectivity index (χ0) is 18.3. The molecule has 2 rings (SSSR count). The lowest BCUT2D eigenvalue weighted by atomic mass is 10.1. The Balaban J connectivity index is 1.89. The van der Waals surface area contributed by atoms with E-state index in [1.807, 2.05) is 49.4 Å². The van der Waals surface area contributed by atoms with Crippen molar-refractivity contribution in [3.8, 4) is 0 Å². The van der Waals surface area contributed by atoms with Crippen LogP contribution in [-0.2, 0) is 21.2 Å². The number of nitrogens with one attached hydrogen (secondary N) is 1. The molecule has 0 aromatic heterocycles. The van der Waals surface area contributed by atoms with E-state index >= 15 is 0 Å². The summed E-state index contributed by atoms with van der Waals surface area (Å²) in [6, 6.07) is 17.1. The van der Waals surface area contributed by atoms with Gasteiger partial charge in [-0.15, -0.1) is 0 Å². The number of rotatable bonds is 8. The van der Waals surface area contributed by atoms with Crippen molar-refractivity contribution in [3.05, 3.63) is 65.7 Å². The smallest absolute Gasteiger partial charge is 0.232 e. The molecular formula is C19H24N2O3S. The van der Waals surface area contributed by atoms with Crippen LogP contribution in [0.5, 0.6) is 0 Å². The maximum absolute atomic E-state index is 12.0. The van der Waals surface area contributed by atoms with Crippen LogP contribution in [0.4, 0.5) is 5.69 Å². The molecule has 0 fully saturated rings. The van der Waals surface area contributed by atoms with Gasteiger partial charge < -0.3 is 5.32 Å². The van der Waals surface area contributed by atoms with Gasteiger partial charge in [0.1, 0.15) is 0 Å². The molecule has 0 aliphatic heterocycles. The van der Waals surface area contributed by atoms with E-state index in [9.17, 15) is 13.2 Å². The van der Waals surface area contributed by atoms with E-state index in [4.69, 9.17) is 0 Å². The summed E-state index contributed by atoms with van der Waals surface area (Å²) in [5.74, 6) is -0.155. The van der Waals surface area contributed by atoms with Crippen LogP contribution in [-0.4, -0.2) is 33.7 Å². The van der Waals surface area contributed by atoms with Gasteiger partial charge in [0.2, 0.25) is 15.9 Å². The second-order valence-corrected chi connectivity index (χ2v) is 7.92. The summed E-state index contributed by atoms with van der Waals surface area (Å²) in [5, 5.41) is 2.84. The van der Waals surface area contributed by atoms with E-state index < -0.39 is 10.0 Å². The highest BCUT2D eigenvalue weighted by Crippen LogP contribution is 2.19. The van der Waals surface area contributed by atoms with E-state index in [2.05, 4.69) is 5.32 Å². The number of hydrogen-bond acceptors (Lipinski definition) is 3. The molecule has 5 nitrogen and oxygen atoms in total. The fourth-order valence-electron chi connectivity index (χ4n) is 2.55. The maximum atomic E-state index is 12.0. The van der Waals surface area contributed by atoms with Crippen molar-refractivity contribution < 1.29 is 13.2 Å². The van der Waals surface area contributed by atoms with Crippen molar-refractivity contribution >= 4 is 21.6 Å². The standard InChI is InChI=1S/C19H24N2O3S/c1-16-7-6-10-18(15-16)21(25(2,23)24)14-12-19(22)20-13-11-17-8-4-3-5-9-17/h3-10,15H,11-14H2,1-2H3,(H,20,22). The molecule has 0 unspecified atom stereocenters. The molecule has 0 saturated carbocycles. The van der Waals surface area contributed by atoms with E-state index in [1.54, 1.807) is 12.1 Å². The first kappa shape index (κ1) is 19.0. The molecule has 0 aliphatic rings. The van der Waals surface area contributed by atoms with Crippen LogP contribution >= 0.6 is 0 Å². The monoisotopic (exact) mass is 360 g/mol. The number of benzene rings is 2. The van der Waals surface area contributed by atoms with Crippen LogP contribution in [0.25, 0.3) is 0 Å². The molecule has 0 saturated heterocycles. The second-order valence-electron chi connectivity index (χ2n) is 6.01. The lowest BCUT2D eigenvalue weighted by Gasteiger charge is -2.22. The molecule has 1 amide bonds. The number of hydrogen-bond donors (Lipinski definition) is 1. The average Bonchev–Trinajstić information content (AvgIpc) is 2.55. The Kier molecular flexibility index (Phi) is 6.58. The molecule has 0 spiro atoms. The third-order valence-corrected chi connectivity index (χ3v) is 5.00. The summed E-state index contributed by atoms with van der Waals surface area (Å²) in [5.41, 5.74) is 2.71. The summed E-state index contributed by atoms with van der Waals surface area (Å²) >= 11 is 0. The minimum absolute atomic E-state index is 0.121. The van der Waals surface area contributed by atoms with Gasteiger partial charge in [0.05, 0.1) is 11.9 Å². The third-order valence-electron chi connectivity index (χ3n) is 3.81. The number of aryl methyl sites for hydroxylation is 1. The van der Waals surface area contributed by atoms with Crippen molar-refractivity contribution in [2.24, 2.45) is 0 Å². The van der Waals surface area contributed by atoms with Crippen LogP contribution in [0, 0.1) is 6.92 Å². The van der Waals surface area contributed by atoms with Crippen molar-refractivity contribution in [1.29, 1.82) is 0 Å². The molecule has 0 atom stereocenters. The molecular weight excluding hydrogens is 336 g/mol. The van der Waals surface area contributed by atoms with Gasteiger partial charge >= 0.3 is 0 Å². The Hall–Kier alpha value is -2.34. The lowest BCUT2D eigenvalue weighted by molar-refractivity contribution is -0.120.